The molecule has 0 rings (SSSR count). The number of rotatable bonds is 50. The molecule has 0 spiro atoms. The van der Waals surface area contributed by atoms with Gasteiger partial charge in [0.15, 0.2) is 12.4 Å². The smallest absolute Gasteiger partial charge is 0.306 e. The zero-order valence-electron chi connectivity index (χ0n) is 43.6. The molecule has 0 aromatic rings. The van der Waals surface area contributed by atoms with Gasteiger partial charge in [0.1, 0.15) is 13.2 Å². The van der Waals surface area contributed by atoms with Crippen LogP contribution in [-0.2, 0) is 33.3 Å². The molecule has 0 bridgehead atoms. The van der Waals surface area contributed by atoms with Crippen LogP contribution in [0.15, 0.2) is 48.6 Å². The number of aliphatic carboxylic acids is 1. The number of carbonyl (C=O) groups is 3. The summed E-state index contributed by atoms with van der Waals surface area (Å²) in [5, 5.41) is 11.7. The number of carboxylic acids is 1. The fourth-order valence-corrected chi connectivity index (χ4v) is 7.65. The molecule has 0 aliphatic heterocycles. The number of hydrogen-bond acceptors (Lipinski definition) is 8. The van der Waals surface area contributed by atoms with Gasteiger partial charge in [0, 0.05) is 12.8 Å². The summed E-state index contributed by atoms with van der Waals surface area (Å²) in [7, 11) is 5.91. The summed E-state index contributed by atoms with van der Waals surface area (Å²) < 4.78 is 22.5. The molecule has 0 aromatic carbocycles. The number of nitrogens with zero attached hydrogens (tertiary/aromatic N) is 1. The second-order valence-electron chi connectivity index (χ2n) is 19.5. The Kier molecular flexibility index (Phi) is 46.7. The van der Waals surface area contributed by atoms with Crippen molar-refractivity contribution < 1.29 is 42.9 Å². The second-order valence-corrected chi connectivity index (χ2v) is 19.5. The van der Waals surface area contributed by atoms with Gasteiger partial charge in [0.05, 0.1) is 40.3 Å². The standard InChI is InChI=1S/C57H103NO8/c1-6-8-10-12-14-15-16-17-18-19-20-21-22-23-24-25-26-27-28-29-30-31-32-33-34-35-36-37-38-39-40-41-42-44-46-48-55(60)66-53(51-64-54(59)47-45-43-13-11-9-7-2)52-65-57(56(61)62)63-50-49-58(3,4)5/h8,10,14-15,17-18,20-21,53,57H,6-7,9,11-13,16,19,22-52H2,1-5H3/b10-8-,15-14-,18-17-,21-20-. The Bertz CT molecular complexity index is 1220. The first-order chi connectivity index (χ1) is 32.1. The summed E-state index contributed by atoms with van der Waals surface area (Å²) in [5.74, 6) is -2.28. The fourth-order valence-electron chi connectivity index (χ4n) is 7.65. The van der Waals surface area contributed by atoms with Gasteiger partial charge in [-0.15, -0.1) is 0 Å². The van der Waals surface area contributed by atoms with Gasteiger partial charge in [0.25, 0.3) is 0 Å². The number of allylic oxidation sites excluding steroid dienone is 8. The quantitative estimate of drug-likeness (QED) is 0.0195. The van der Waals surface area contributed by atoms with Gasteiger partial charge in [-0.1, -0.05) is 223 Å². The molecule has 0 aliphatic carbocycles. The largest absolute Gasteiger partial charge is 0.545 e. The van der Waals surface area contributed by atoms with Gasteiger partial charge in [-0.3, -0.25) is 9.59 Å². The first-order valence-electron chi connectivity index (χ1n) is 27.3. The highest BCUT2D eigenvalue weighted by molar-refractivity contribution is 5.70. The molecule has 2 unspecified atom stereocenters. The van der Waals surface area contributed by atoms with Gasteiger partial charge in [-0.2, -0.15) is 0 Å². The van der Waals surface area contributed by atoms with Crippen LogP contribution in [-0.4, -0.2) is 82.3 Å². The van der Waals surface area contributed by atoms with Crippen LogP contribution in [0.25, 0.3) is 0 Å². The van der Waals surface area contributed by atoms with Crippen molar-refractivity contribution in [2.75, 3.05) is 47.5 Å². The van der Waals surface area contributed by atoms with Crippen LogP contribution in [0, 0.1) is 0 Å². The van der Waals surface area contributed by atoms with Crippen molar-refractivity contribution in [1.82, 2.24) is 0 Å². The number of likely N-dealkylation sites (N-methyl/N-ethyl adjacent to an activating group) is 1. The van der Waals surface area contributed by atoms with E-state index in [4.69, 9.17) is 18.9 Å². The van der Waals surface area contributed by atoms with Gasteiger partial charge >= 0.3 is 11.9 Å². The topological polar surface area (TPSA) is 111 Å². The van der Waals surface area contributed by atoms with Crippen molar-refractivity contribution in [2.45, 2.75) is 251 Å². The van der Waals surface area contributed by atoms with E-state index >= 15 is 0 Å². The third-order valence-electron chi connectivity index (χ3n) is 11.8. The lowest BCUT2D eigenvalue weighted by molar-refractivity contribution is -0.870. The molecule has 0 aliphatic rings. The number of carbonyl (C=O) groups excluding carboxylic acids is 3. The Balaban J connectivity index is 3.88. The van der Waals surface area contributed by atoms with Crippen molar-refractivity contribution >= 4 is 17.9 Å². The first kappa shape index (κ1) is 63.2. The summed E-state index contributed by atoms with van der Waals surface area (Å²) in [4.78, 5) is 36.8. The Labute approximate surface area is 406 Å². The molecule has 0 N–H and O–H groups in total. The zero-order valence-corrected chi connectivity index (χ0v) is 43.6. The Hall–Kier alpha value is -2.75. The molecule has 0 saturated heterocycles. The van der Waals surface area contributed by atoms with Crippen molar-refractivity contribution in [3.8, 4) is 0 Å². The molecule has 9 nitrogen and oxygen atoms in total. The SMILES string of the molecule is CC/C=C\C/C=C\C/C=C\C/C=C\CCCCCCCCCCCCCCCCCCCCCCCCC(=O)OC(COC(=O)CCCCCCCC)COC(OCC[N+](C)(C)C)C(=O)[O-]. The second kappa shape index (κ2) is 48.7. The average Bonchev–Trinajstić information content (AvgIpc) is 3.28. The first-order valence-corrected chi connectivity index (χ1v) is 27.3. The summed E-state index contributed by atoms with van der Waals surface area (Å²) in [6.45, 7) is 4.57. The monoisotopic (exact) mass is 930 g/mol. The molecule has 384 valence electrons. The predicted octanol–water partition coefficient (Wildman–Crippen LogP) is 14.2. The van der Waals surface area contributed by atoms with Gasteiger partial charge in [-0.05, 0) is 51.4 Å². The molecule has 2 atom stereocenters. The minimum absolute atomic E-state index is 0.150. The summed E-state index contributed by atoms with van der Waals surface area (Å²) >= 11 is 0. The van der Waals surface area contributed by atoms with E-state index in [0.717, 1.165) is 64.2 Å². The summed E-state index contributed by atoms with van der Waals surface area (Å²) in [5.41, 5.74) is 0. The number of hydrogen-bond donors (Lipinski definition) is 0. The predicted molar refractivity (Wildman–Crippen MR) is 274 cm³/mol. The van der Waals surface area contributed by atoms with E-state index in [1.807, 2.05) is 21.1 Å². The number of unbranched alkanes of at least 4 members (excludes halogenated alkanes) is 27. The third kappa shape index (κ3) is 49.2. The Morgan fingerprint density at radius 2 is 0.864 bits per heavy atom. The lowest BCUT2D eigenvalue weighted by Crippen LogP contribution is -2.44. The van der Waals surface area contributed by atoms with Crippen LogP contribution >= 0.6 is 0 Å². The maximum atomic E-state index is 12.7. The highest BCUT2D eigenvalue weighted by Crippen LogP contribution is 2.17. The van der Waals surface area contributed by atoms with E-state index in [1.165, 1.54) is 141 Å². The third-order valence-corrected chi connectivity index (χ3v) is 11.8. The molecule has 0 aromatic heterocycles. The van der Waals surface area contributed by atoms with Crippen LogP contribution < -0.4 is 5.11 Å². The van der Waals surface area contributed by atoms with Gasteiger partial charge < -0.3 is 33.3 Å². The van der Waals surface area contributed by atoms with Crippen LogP contribution in [0.4, 0.5) is 0 Å². The van der Waals surface area contributed by atoms with Gasteiger partial charge in [0.2, 0.25) is 0 Å². The molecule has 0 radical (unpaired) electrons. The minimum atomic E-state index is -1.61. The number of carboxylic acid groups (broad SMARTS) is 1. The van der Waals surface area contributed by atoms with E-state index in [-0.39, 0.29) is 32.2 Å². The number of quaternary nitrogens is 1. The maximum absolute atomic E-state index is 12.7. The van der Waals surface area contributed by atoms with E-state index in [9.17, 15) is 19.5 Å². The van der Waals surface area contributed by atoms with Crippen molar-refractivity contribution in [3.05, 3.63) is 48.6 Å². The van der Waals surface area contributed by atoms with Crippen molar-refractivity contribution in [2.24, 2.45) is 0 Å². The molecule has 0 heterocycles. The summed E-state index contributed by atoms with van der Waals surface area (Å²) in [6, 6.07) is 0. The Morgan fingerprint density at radius 3 is 1.29 bits per heavy atom. The minimum Gasteiger partial charge on any atom is -0.545 e. The number of esters is 2. The van der Waals surface area contributed by atoms with Crippen LogP contribution in [0.5, 0.6) is 0 Å². The Morgan fingerprint density at radius 1 is 0.470 bits per heavy atom. The van der Waals surface area contributed by atoms with Crippen LogP contribution in [0.1, 0.15) is 239 Å². The molecule has 0 saturated carbocycles. The molecule has 0 fully saturated rings. The normalized spacial score (nSPS) is 13.2. The van der Waals surface area contributed by atoms with E-state index in [1.54, 1.807) is 0 Å². The van der Waals surface area contributed by atoms with Crippen LogP contribution in [0.2, 0.25) is 0 Å². The van der Waals surface area contributed by atoms with Crippen molar-refractivity contribution in [3.63, 3.8) is 0 Å². The van der Waals surface area contributed by atoms with E-state index < -0.39 is 24.3 Å². The lowest BCUT2D eigenvalue weighted by Gasteiger charge is -2.26. The molecule has 0 amide bonds. The van der Waals surface area contributed by atoms with Gasteiger partial charge in [-0.25, -0.2) is 0 Å². The highest BCUT2D eigenvalue weighted by atomic mass is 16.7. The summed E-state index contributed by atoms with van der Waals surface area (Å²) in [6.07, 6.45) is 56.5. The number of ether oxygens (including phenoxy) is 4. The fraction of sp³-hybridized carbons (Fsp3) is 0.807. The molecule has 9 heteroatoms. The van der Waals surface area contributed by atoms with E-state index in [2.05, 4.69) is 62.5 Å². The van der Waals surface area contributed by atoms with Crippen molar-refractivity contribution in [1.29, 1.82) is 0 Å². The average molecular weight is 930 g/mol. The van der Waals surface area contributed by atoms with E-state index in [0.29, 0.717) is 23.9 Å². The molecular formula is C57H103NO8. The van der Waals surface area contributed by atoms with Crippen LogP contribution in [0.3, 0.4) is 0 Å². The molecule has 66 heavy (non-hydrogen) atoms. The lowest BCUT2D eigenvalue weighted by atomic mass is 10.0. The maximum Gasteiger partial charge on any atom is 0.306 e. The highest BCUT2D eigenvalue weighted by Gasteiger charge is 2.22. The molecular weight excluding hydrogens is 827 g/mol. The zero-order chi connectivity index (χ0) is 48.4.